The number of ether oxygens (including phenoxy) is 1. The normalized spacial score (nSPS) is 15.8. The molecule has 0 saturated heterocycles. The number of hydrogen-bond acceptors (Lipinski definition) is 5. The van der Waals surface area contributed by atoms with Crippen molar-refractivity contribution in [2.75, 3.05) is 12.0 Å². The second-order valence-corrected chi connectivity index (χ2v) is 8.96. The van der Waals surface area contributed by atoms with Crippen LogP contribution in [-0.4, -0.2) is 23.9 Å². The Morgan fingerprint density at radius 3 is 2.63 bits per heavy atom. The third kappa shape index (κ3) is 3.86. The van der Waals surface area contributed by atoms with E-state index >= 15 is 0 Å². The van der Waals surface area contributed by atoms with Crippen molar-refractivity contribution in [3.8, 4) is 5.75 Å². The summed E-state index contributed by atoms with van der Waals surface area (Å²) in [7, 11) is 1.54. The van der Waals surface area contributed by atoms with Crippen molar-refractivity contribution >= 4 is 39.9 Å². The zero-order valence-corrected chi connectivity index (χ0v) is 20.1. The average molecular weight is 488 g/mol. The van der Waals surface area contributed by atoms with Gasteiger partial charge in [-0.25, -0.2) is 0 Å². The number of aliphatic hydroxyl groups is 1. The number of methoxy groups -OCH3 is 1. The van der Waals surface area contributed by atoms with Gasteiger partial charge in [0.1, 0.15) is 11.3 Å². The summed E-state index contributed by atoms with van der Waals surface area (Å²) in [6, 6.07) is 18.5. The van der Waals surface area contributed by atoms with E-state index in [9.17, 15) is 14.7 Å². The number of ketones is 1. The number of aryl methyl sites for hydroxylation is 2. The Balaban J connectivity index is 1.70. The second kappa shape index (κ2) is 8.64. The first-order chi connectivity index (χ1) is 16.8. The molecule has 0 spiro atoms. The molecule has 7 heteroatoms. The van der Waals surface area contributed by atoms with E-state index in [0.29, 0.717) is 33.0 Å². The standard InChI is InChI=1S/C28H22ClNO5/c1-15-7-8-16(2)21(11-15)30-25(17-5-4-6-20(13-17)34-3)24(27(32)28(30)33)26(31)23-14-18-12-19(29)9-10-22(18)35-23/h4-14,25,32H,1-3H3. The van der Waals surface area contributed by atoms with Crippen molar-refractivity contribution in [1.29, 1.82) is 0 Å². The molecule has 0 fully saturated rings. The van der Waals surface area contributed by atoms with E-state index in [2.05, 4.69) is 0 Å². The second-order valence-electron chi connectivity index (χ2n) is 8.53. The maximum absolute atomic E-state index is 13.8. The maximum atomic E-state index is 13.8. The molecule has 1 N–H and O–H groups in total. The summed E-state index contributed by atoms with van der Waals surface area (Å²) in [5.74, 6) is -1.28. The molecule has 0 radical (unpaired) electrons. The van der Waals surface area contributed by atoms with Gasteiger partial charge >= 0.3 is 0 Å². The fourth-order valence-corrected chi connectivity index (χ4v) is 4.63. The smallest absolute Gasteiger partial charge is 0.294 e. The topological polar surface area (TPSA) is 80.0 Å². The average Bonchev–Trinajstić information content (AvgIpc) is 3.38. The first-order valence-corrected chi connectivity index (χ1v) is 11.4. The Morgan fingerprint density at radius 1 is 1.06 bits per heavy atom. The summed E-state index contributed by atoms with van der Waals surface area (Å²) in [6.07, 6.45) is 0. The molecule has 4 aromatic rings. The summed E-state index contributed by atoms with van der Waals surface area (Å²) in [5, 5.41) is 12.2. The Hall–Kier alpha value is -4.03. The molecule has 0 aliphatic carbocycles. The highest BCUT2D eigenvalue weighted by Crippen LogP contribution is 2.44. The van der Waals surface area contributed by atoms with Crippen molar-refractivity contribution < 1.29 is 23.8 Å². The van der Waals surface area contributed by atoms with Crippen LogP contribution in [0.4, 0.5) is 5.69 Å². The van der Waals surface area contributed by atoms with Crippen molar-refractivity contribution in [2.24, 2.45) is 0 Å². The Kier molecular flexibility index (Phi) is 5.61. The van der Waals surface area contributed by atoms with Crippen molar-refractivity contribution in [3.63, 3.8) is 0 Å². The van der Waals surface area contributed by atoms with Gasteiger partial charge in [-0.05, 0) is 73.0 Å². The molecule has 3 aromatic carbocycles. The van der Waals surface area contributed by atoms with Crippen LogP contribution >= 0.6 is 11.6 Å². The van der Waals surface area contributed by atoms with Crippen LogP contribution in [0, 0.1) is 13.8 Å². The number of halogens is 1. The summed E-state index contributed by atoms with van der Waals surface area (Å²) in [4.78, 5) is 28.7. The van der Waals surface area contributed by atoms with E-state index in [0.717, 1.165) is 11.1 Å². The highest BCUT2D eigenvalue weighted by molar-refractivity contribution is 6.31. The Bertz CT molecular complexity index is 1530. The van der Waals surface area contributed by atoms with Crippen LogP contribution in [0.1, 0.15) is 33.3 Å². The summed E-state index contributed by atoms with van der Waals surface area (Å²) >= 11 is 6.08. The van der Waals surface area contributed by atoms with E-state index < -0.39 is 23.5 Å². The number of Topliss-reactive ketones (excluding diaryl/α,β-unsaturated/α-hetero) is 1. The first kappa shape index (κ1) is 22.7. The first-order valence-electron chi connectivity index (χ1n) is 11.0. The number of carbonyl (C=O) groups is 2. The number of aliphatic hydroxyl groups excluding tert-OH is 1. The molecule has 1 unspecified atom stereocenters. The number of anilines is 1. The molecule has 0 saturated carbocycles. The van der Waals surface area contributed by atoms with Gasteiger partial charge in [-0.3, -0.25) is 14.5 Å². The van der Waals surface area contributed by atoms with Gasteiger partial charge < -0.3 is 14.3 Å². The minimum absolute atomic E-state index is 0.00678. The van der Waals surface area contributed by atoms with Gasteiger partial charge in [-0.15, -0.1) is 0 Å². The number of furan rings is 1. The molecule has 176 valence electrons. The lowest BCUT2D eigenvalue weighted by Crippen LogP contribution is -2.31. The zero-order chi connectivity index (χ0) is 24.9. The fraction of sp³-hybridized carbons (Fsp3) is 0.143. The van der Waals surface area contributed by atoms with E-state index in [1.54, 1.807) is 55.6 Å². The lowest BCUT2D eigenvalue weighted by Gasteiger charge is -2.28. The maximum Gasteiger partial charge on any atom is 0.294 e. The third-order valence-corrected chi connectivity index (χ3v) is 6.42. The number of rotatable bonds is 5. The van der Waals surface area contributed by atoms with Gasteiger partial charge in [-0.2, -0.15) is 0 Å². The van der Waals surface area contributed by atoms with Gasteiger partial charge in [0.2, 0.25) is 5.78 Å². The molecule has 1 aliphatic heterocycles. The predicted octanol–water partition coefficient (Wildman–Crippen LogP) is 6.49. The van der Waals surface area contributed by atoms with Crippen LogP contribution in [0.5, 0.6) is 5.75 Å². The highest BCUT2D eigenvalue weighted by atomic mass is 35.5. The third-order valence-electron chi connectivity index (χ3n) is 6.19. The molecule has 5 rings (SSSR count). The number of carbonyl (C=O) groups excluding carboxylic acids is 2. The number of nitrogens with zero attached hydrogens (tertiary/aromatic N) is 1. The molecule has 1 atom stereocenters. The minimum Gasteiger partial charge on any atom is -0.503 e. The largest absolute Gasteiger partial charge is 0.503 e. The van der Waals surface area contributed by atoms with Crippen molar-refractivity contribution in [2.45, 2.75) is 19.9 Å². The van der Waals surface area contributed by atoms with Gasteiger partial charge in [0.15, 0.2) is 11.5 Å². The SMILES string of the molecule is COc1cccc(C2C(C(=O)c3cc4cc(Cl)ccc4o3)=C(O)C(=O)N2c2cc(C)ccc2C)c1. The zero-order valence-electron chi connectivity index (χ0n) is 19.3. The number of hydrogen-bond donors (Lipinski definition) is 1. The Labute approximate surface area is 207 Å². The van der Waals surface area contributed by atoms with E-state index in [4.69, 9.17) is 20.8 Å². The minimum atomic E-state index is -0.887. The van der Waals surface area contributed by atoms with Crippen LogP contribution in [0.3, 0.4) is 0 Å². The molecule has 0 bridgehead atoms. The molecular weight excluding hydrogens is 466 g/mol. The predicted molar refractivity (Wildman–Crippen MR) is 134 cm³/mol. The van der Waals surface area contributed by atoms with E-state index in [-0.39, 0.29) is 11.3 Å². The van der Waals surface area contributed by atoms with E-state index in [1.165, 1.54) is 4.90 Å². The van der Waals surface area contributed by atoms with Crippen molar-refractivity contribution in [1.82, 2.24) is 0 Å². The van der Waals surface area contributed by atoms with Gasteiger partial charge in [0, 0.05) is 16.1 Å². The molecule has 2 heterocycles. The van der Waals surface area contributed by atoms with Gasteiger partial charge in [0.25, 0.3) is 5.91 Å². The van der Waals surface area contributed by atoms with Crippen LogP contribution in [0.25, 0.3) is 11.0 Å². The number of amides is 1. The fourth-order valence-electron chi connectivity index (χ4n) is 4.45. The molecule has 1 amide bonds. The molecule has 1 aliphatic rings. The van der Waals surface area contributed by atoms with Gasteiger partial charge in [-0.1, -0.05) is 35.9 Å². The molecule has 6 nitrogen and oxygen atoms in total. The molecular formula is C28H22ClNO5. The quantitative estimate of drug-likeness (QED) is 0.325. The number of benzene rings is 3. The highest BCUT2D eigenvalue weighted by Gasteiger charge is 2.46. The number of fused-ring (bicyclic) bond motifs is 1. The van der Waals surface area contributed by atoms with Crippen LogP contribution < -0.4 is 9.64 Å². The summed E-state index contributed by atoms with van der Waals surface area (Å²) in [5.41, 5.74) is 3.41. The van der Waals surface area contributed by atoms with Crippen molar-refractivity contribution in [3.05, 3.63) is 106 Å². The monoisotopic (exact) mass is 487 g/mol. The lowest BCUT2D eigenvalue weighted by molar-refractivity contribution is -0.117. The molecule has 35 heavy (non-hydrogen) atoms. The van der Waals surface area contributed by atoms with Crippen LogP contribution in [0.15, 0.2) is 82.5 Å². The lowest BCUT2D eigenvalue weighted by atomic mass is 9.94. The Morgan fingerprint density at radius 2 is 1.86 bits per heavy atom. The van der Waals surface area contributed by atoms with E-state index in [1.807, 2.05) is 32.0 Å². The summed E-state index contributed by atoms with van der Waals surface area (Å²) < 4.78 is 11.2. The summed E-state index contributed by atoms with van der Waals surface area (Å²) in [6.45, 7) is 3.80. The van der Waals surface area contributed by atoms with Crippen LogP contribution in [0.2, 0.25) is 5.02 Å². The molecule has 1 aromatic heterocycles. The van der Waals surface area contributed by atoms with Gasteiger partial charge in [0.05, 0.1) is 18.7 Å². The van der Waals surface area contributed by atoms with Crippen LogP contribution in [-0.2, 0) is 4.79 Å².